The average Bonchev–Trinajstić information content (AvgIpc) is 2.39. The average molecular weight is 222 g/mol. The lowest BCUT2D eigenvalue weighted by atomic mass is 9.73. The number of hydrogen-bond acceptors (Lipinski definition) is 1. The van der Waals surface area contributed by atoms with Crippen molar-refractivity contribution in [1.82, 2.24) is 0 Å². The van der Waals surface area contributed by atoms with Crippen LogP contribution in [0.15, 0.2) is 12.2 Å². The fraction of sp³-hybridized carbons (Fsp3) is 0.867. The van der Waals surface area contributed by atoms with Crippen molar-refractivity contribution >= 4 is 0 Å². The van der Waals surface area contributed by atoms with Gasteiger partial charge in [-0.2, -0.15) is 0 Å². The topological polar surface area (TPSA) is 20.2 Å². The minimum absolute atomic E-state index is 0.0252. The highest BCUT2D eigenvalue weighted by Gasteiger charge is 2.30. The summed E-state index contributed by atoms with van der Waals surface area (Å²) in [5.41, 5.74) is 0. The fourth-order valence-electron chi connectivity index (χ4n) is 3.45. The van der Waals surface area contributed by atoms with Gasteiger partial charge in [0.2, 0.25) is 0 Å². The molecule has 0 aromatic heterocycles. The van der Waals surface area contributed by atoms with Crippen LogP contribution in [0, 0.1) is 17.8 Å². The van der Waals surface area contributed by atoms with E-state index in [1.165, 1.54) is 44.9 Å². The molecule has 1 saturated carbocycles. The molecule has 2 unspecified atom stereocenters. The van der Waals surface area contributed by atoms with E-state index in [0.717, 1.165) is 12.3 Å². The maximum absolute atomic E-state index is 10.4. The van der Waals surface area contributed by atoms with Crippen LogP contribution in [0.4, 0.5) is 0 Å². The maximum atomic E-state index is 10.4. The van der Waals surface area contributed by atoms with Crippen LogP contribution in [0.3, 0.4) is 0 Å². The molecule has 0 heterocycles. The largest absolute Gasteiger partial charge is 0.393 e. The van der Waals surface area contributed by atoms with Crippen molar-refractivity contribution in [3.63, 3.8) is 0 Å². The third kappa shape index (κ3) is 2.88. The lowest BCUT2D eigenvalue weighted by Crippen LogP contribution is -2.32. The minimum atomic E-state index is -0.0252. The summed E-state index contributed by atoms with van der Waals surface area (Å²) >= 11 is 0. The zero-order chi connectivity index (χ0) is 11.4. The highest BCUT2D eigenvalue weighted by Crippen LogP contribution is 2.36. The van der Waals surface area contributed by atoms with Gasteiger partial charge in [-0.1, -0.05) is 38.3 Å². The van der Waals surface area contributed by atoms with Crippen LogP contribution >= 0.6 is 0 Å². The van der Waals surface area contributed by atoms with Crippen LogP contribution in [0.5, 0.6) is 0 Å². The summed E-state index contributed by atoms with van der Waals surface area (Å²) < 4.78 is 0. The van der Waals surface area contributed by atoms with Gasteiger partial charge in [0.05, 0.1) is 6.10 Å². The SMILES string of the molecule is CCC1CCC(C(O)C2CC=CCC2)CC1. The number of rotatable bonds is 3. The summed E-state index contributed by atoms with van der Waals surface area (Å²) in [6.07, 6.45) is 14.5. The Kier molecular flexibility index (Phi) is 4.45. The van der Waals surface area contributed by atoms with E-state index in [1.807, 2.05) is 0 Å². The van der Waals surface area contributed by atoms with Gasteiger partial charge in [-0.3, -0.25) is 0 Å². The molecule has 0 amide bonds. The molecule has 2 atom stereocenters. The summed E-state index contributed by atoms with van der Waals surface area (Å²) in [5.74, 6) is 2.09. The van der Waals surface area contributed by atoms with Gasteiger partial charge in [-0.25, -0.2) is 0 Å². The Morgan fingerprint density at radius 3 is 2.38 bits per heavy atom. The van der Waals surface area contributed by atoms with Gasteiger partial charge < -0.3 is 5.11 Å². The first kappa shape index (κ1) is 12.2. The van der Waals surface area contributed by atoms with E-state index >= 15 is 0 Å². The number of aliphatic hydroxyl groups is 1. The van der Waals surface area contributed by atoms with Crippen LogP contribution in [0.25, 0.3) is 0 Å². The molecule has 0 aromatic carbocycles. The van der Waals surface area contributed by atoms with Gasteiger partial charge in [0.15, 0.2) is 0 Å². The summed E-state index contributed by atoms with van der Waals surface area (Å²) in [5, 5.41) is 10.4. The molecule has 2 aliphatic carbocycles. The van der Waals surface area contributed by atoms with Gasteiger partial charge in [0.25, 0.3) is 0 Å². The minimum Gasteiger partial charge on any atom is -0.393 e. The standard InChI is InChI=1S/C15H26O/c1-2-12-8-10-14(11-9-12)15(16)13-6-4-3-5-7-13/h3-4,12-16H,2,5-11H2,1H3. The Balaban J connectivity index is 1.81. The number of hydrogen-bond donors (Lipinski definition) is 1. The van der Waals surface area contributed by atoms with Crippen molar-refractivity contribution in [3.05, 3.63) is 12.2 Å². The third-order valence-corrected chi connectivity index (χ3v) is 4.74. The summed E-state index contributed by atoms with van der Waals surface area (Å²) in [7, 11) is 0. The predicted molar refractivity (Wildman–Crippen MR) is 68.2 cm³/mol. The molecular weight excluding hydrogens is 196 g/mol. The lowest BCUT2D eigenvalue weighted by molar-refractivity contribution is 0.0223. The summed E-state index contributed by atoms with van der Waals surface area (Å²) in [6.45, 7) is 2.30. The van der Waals surface area contributed by atoms with Gasteiger partial charge in [-0.05, 0) is 49.9 Å². The number of allylic oxidation sites excluding steroid dienone is 2. The van der Waals surface area contributed by atoms with Crippen molar-refractivity contribution in [1.29, 1.82) is 0 Å². The Hall–Kier alpha value is -0.300. The highest BCUT2D eigenvalue weighted by atomic mass is 16.3. The van der Waals surface area contributed by atoms with E-state index in [1.54, 1.807) is 0 Å². The van der Waals surface area contributed by atoms with Crippen LogP contribution < -0.4 is 0 Å². The van der Waals surface area contributed by atoms with E-state index in [9.17, 15) is 5.11 Å². The van der Waals surface area contributed by atoms with Crippen molar-refractivity contribution in [2.75, 3.05) is 0 Å². The molecule has 1 fully saturated rings. The van der Waals surface area contributed by atoms with Gasteiger partial charge in [-0.15, -0.1) is 0 Å². The van der Waals surface area contributed by atoms with Crippen LogP contribution in [0.1, 0.15) is 58.3 Å². The first-order valence-corrected chi connectivity index (χ1v) is 7.14. The smallest absolute Gasteiger partial charge is 0.0599 e. The Bertz CT molecular complexity index is 226. The summed E-state index contributed by atoms with van der Waals surface area (Å²) in [6, 6.07) is 0. The molecule has 0 aliphatic heterocycles. The Morgan fingerprint density at radius 1 is 1.06 bits per heavy atom. The Labute approximate surface area is 99.9 Å². The van der Waals surface area contributed by atoms with Crippen molar-refractivity contribution < 1.29 is 5.11 Å². The molecule has 0 spiro atoms. The molecule has 1 heteroatoms. The van der Waals surface area contributed by atoms with Crippen LogP contribution in [-0.2, 0) is 0 Å². The molecule has 16 heavy (non-hydrogen) atoms. The quantitative estimate of drug-likeness (QED) is 0.718. The van der Waals surface area contributed by atoms with Gasteiger partial charge in [0, 0.05) is 0 Å². The second kappa shape index (κ2) is 5.86. The molecule has 2 rings (SSSR count). The van der Waals surface area contributed by atoms with Crippen molar-refractivity contribution in [2.24, 2.45) is 17.8 Å². The number of aliphatic hydroxyl groups excluding tert-OH is 1. The maximum Gasteiger partial charge on any atom is 0.0599 e. The molecule has 1 nitrogen and oxygen atoms in total. The van der Waals surface area contributed by atoms with Crippen LogP contribution in [0.2, 0.25) is 0 Å². The van der Waals surface area contributed by atoms with E-state index in [2.05, 4.69) is 19.1 Å². The molecule has 2 aliphatic rings. The van der Waals surface area contributed by atoms with E-state index < -0.39 is 0 Å². The first-order valence-electron chi connectivity index (χ1n) is 7.14. The Morgan fingerprint density at radius 2 is 1.81 bits per heavy atom. The lowest BCUT2D eigenvalue weighted by Gasteiger charge is -2.35. The summed E-state index contributed by atoms with van der Waals surface area (Å²) in [4.78, 5) is 0. The normalized spacial score (nSPS) is 37.2. The molecule has 1 N–H and O–H groups in total. The zero-order valence-electron chi connectivity index (χ0n) is 10.6. The van der Waals surface area contributed by atoms with E-state index in [0.29, 0.717) is 11.8 Å². The third-order valence-electron chi connectivity index (χ3n) is 4.74. The molecule has 92 valence electrons. The van der Waals surface area contributed by atoms with Crippen molar-refractivity contribution in [3.8, 4) is 0 Å². The monoisotopic (exact) mass is 222 g/mol. The molecule has 0 aromatic rings. The fourth-order valence-corrected chi connectivity index (χ4v) is 3.45. The van der Waals surface area contributed by atoms with E-state index in [-0.39, 0.29) is 6.10 Å². The molecule has 0 saturated heterocycles. The van der Waals surface area contributed by atoms with Crippen molar-refractivity contribution in [2.45, 2.75) is 64.4 Å². The molecule has 0 radical (unpaired) electrons. The molecule has 0 bridgehead atoms. The highest BCUT2D eigenvalue weighted by molar-refractivity contribution is 4.94. The van der Waals surface area contributed by atoms with Gasteiger partial charge >= 0.3 is 0 Å². The van der Waals surface area contributed by atoms with Gasteiger partial charge in [0.1, 0.15) is 0 Å². The first-order chi connectivity index (χ1) is 7.81. The van der Waals surface area contributed by atoms with Crippen LogP contribution in [-0.4, -0.2) is 11.2 Å². The second-order valence-corrected chi connectivity index (χ2v) is 5.72. The molecular formula is C15H26O. The van der Waals surface area contributed by atoms with E-state index in [4.69, 9.17) is 0 Å². The zero-order valence-corrected chi connectivity index (χ0v) is 10.6. The second-order valence-electron chi connectivity index (χ2n) is 5.72. The predicted octanol–water partition coefficient (Wildman–Crippen LogP) is 3.92.